The number of furan rings is 1. The summed E-state index contributed by atoms with van der Waals surface area (Å²) in [5.74, 6) is 0.880. The summed E-state index contributed by atoms with van der Waals surface area (Å²) in [6, 6.07) is 11.0. The molecule has 1 N–H and O–H groups in total. The predicted molar refractivity (Wildman–Crippen MR) is 70.6 cm³/mol. The molecule has 3 nitrogen and oxygen atoms in total. The van der Waals surface area contributed by atoms with E-state index >= 15 is 0 Å². The van der Waals surface area contributed by atoms with Gasteiger partial charge in [-0.15, -0.1) is 0 Å². The Labute approximate surface area is 111 Å². The number of carbonyl (C=O) groups is 1. The zero-order valence-electron chi connectivity index (χ0n) is 9.86. The van der Waals surface area contributed by atoms with Crippen molar-refractivity contribution in [2.75, 3.05) is 6.54 Å². The Bertz CT molecular complexity index is 491. The van der Waals surface area contributed by atoms with E-state index in [9.17, 15) is 4.79 Å². The van der Waals surface area contributed by atoms with Crippen LogP contribution in [-0.2, 0) is 17.6 Å². The number of rotatable bonds is 5. The molecule has 0 aliphatic heterocycles. The molecule has 1 aromatic carbocycles. The second-order valence-electron chi connectivity index (χ2n) is 3.98. The third kappa shape index (κ3) is 3.93. The molecule has 0 saturated carbocycles. The topological polar surface area (TPSA) is 42.2 Å². The standard InChI is InChI=1S/C14H14ClNO2/c15-12-5-3-11(4-6-12)10-14(17)16-8-7-13-2-1-9-18-13/h1-6,9H,7-8,10H2,(H,16,17). The highest BCUT2D eigenvalue weighted by atomic mass is 35.5. The highest BCUT2D eigenvalue weighted by Gasteiger charge is 2.03. The Balaban J connectivity index is 1.73. The number of halogens is 1. The summed E-state index contributed by atoms with van der Waals surface area (Å²) in [6.07, 6.45) is 2.71. The van der Waals surface area contributed by atoms with Crippen LogP contribution in [0.25, 0.3) is 0 Å². The van der Waals surface area contributed by atoms with Gasteiger partial charge < -0.3 is 9.73 Å². The highest BCUT2D eigenvalue weighted by Crippen LogP contribution is 2.09. The average Bonchev–Trinajstić information content (AvgIpc) is 2.85. The summed E-state index contributed by atoms with van der Waals surface area (Å²) in [4.78, 5) is 11.7. The molecular formula is C14H14ClNO2. The molecule has 2 aromatic rings. The number of benzene rings is 1. The molecule has 0 fully saturated rings. The predicted octanol–water partition coefficient (Wildman–Crippen LogP) is 2.83. The smallest absolute Gasteiger partial charge is 0.224 e. The molecule has 0 unspecified atom stereocenters. The average molecular weight is 264 g/mol. The zero-order valence-corrected chi connectivity index (χ0v) is 10.6. The van der Waals surface area contributed by atoms with Gasteiger partial charge >= 0.3 is 0 Å². The molecule has 0 spiro atoms. The van der Waals surface area contributed by atoms with Crippen molar-refractivity contribution >= 4 is 17.5 Å². The molecule has 94 valence electrons. The lowest BCUT2D eigenvalue weighted by Gasteiger charge is -2.04. The van der Waals surface area contributed by atoms with Crippen LogP contribution in [0.3, 0.4) is 0 Å². The fourth-order valence-corrected chi connectivity index (χ4v) is 1.76. The lowest BCUT2D eigenvalue weighted by atomic mass is 10.1. The lowest BCUT2D eigenvalue weighted by Crippen LogP contribution is -2.27. The molecule has 0 saturated heterocycles. The van der Waals surface area contributed by atoms with Crippen LogP contribution in [-0.4, -0.2) is 12.5 Å². The van der Waals surface area contributed by atoms with E-state index in [1.807, 2.05) is 24.3 Å². The van der Waals surface area contributed by atoms with Crippen LogP contribution in [0, 0.1) is 0 Å². The normalized spacial score (nSPS) is 10.3. The third-order valence-electron chi connectivity index (χ3n) is 2.55. The second kappa shape index (κ2) is 6.26. The van der Waals surface area contributed by atoms with E-state index in [0.717, 1.165) is 11.3 Å². The number of hydrogen-bond acceptors (Lipinski definition) is 2. The van der Waals surface area contributed by atoms with Gasteiger partial charge in [0.1, 0.15) is 5.76 Å². The van der Waals surface area contributed by atoms with Crippen molar-refractivity contribution < 1.29 is 9.21 Å². The lowest BCUT2D eigenvalue weighted by molar-refractivity contribution is -0.120. The summed E-state index contributed by atoms with van der Waals surface area (Å²) in [7, 11) is 0. The van der Waals surface area contributed by atoms with Crippen molar-refractivity contribution in [2.24, 2.45) is 0 Å². The first kappa shape index (κ1) is 12.7. The van der Waals surface area contributed by atoms with Crippen LogP contribution in [0.15, 0.2) is 47.1 Å². The van der Waals surface area contributed by atoms with Crippen LogP contribution in [0.4, 0.5) is 0 Å². The number of nitrogens with one attached hydrogen (secondary N) is 1. The number of hydrogen-bond donors (Lipinski definition) is 1. The fraction of sp³-hybridized carbons (Fsp3) is 0.214. The van der Waals surface area contributed by atoms with Gasteiger partial charge in [0.2, 0.25) is 5.91 Å². The Morgan fingerprint density at radius 1 is 1.22 bits per heavy atom. The quantitative estimate of drug-likeness (QED) is 0.901. The monoisotopic (exact) mass is 263 g/mol. The molecule has 0 bridgehead atoms. The van der Waals surface area contributed by atoms with Crippen LogP contribution < -0.4 is 5.32 Å². The summed E-state index contributed by atoms with van der Waals surface area (Å²) in [5.41, 5.74) is 0.954. The van der Waals surface area contributed by atoms with E-state index in [1.54, 1.807) is 18.4 Å². The van der Waals surface area contributed by atoms with Crippen molar-refractivity contribution in [1.82, 2.24) is 5.32 Å². The minimum Gasteiger partial charge on any atom is -0.469 e. The van der Waals surface area contributed by atoms with Gasteiger partial charge in [0, 0.05) is 18.0 Å². The Kier molecular flexibility index (Phi) is 4.42. The van der Waals surface area contributed by atoms with Crippen LogP contribution >= 0.6 is 11.6 Å². The van der Waals surface area contributed by atoms with Gasteiger partial charge in [-0.3, -0.25) is 4.79 Å². The van der Waals surface area contributed by atoms with Gasteiger partial charge in [-0.05, 0) is 29.8 Å². The number of amides is 1. The van der Waals surface area contributed by atoms with Crippen LogP contribution in [0.5, 0.6) is 0 Å². The van der Waals surface area contributed by atoms with E-state index in [4.69, 9.17) is 16.0 Å². The maximum atomic E-state index is 11.7. The largest absolute Gasteiger partial charge is 0.469 e. The molecule has 4 heteroatoms. The molecule has 1 aromatic heterocycles. The minimum atomic E-state index is 0.00359. The van der Waals surface area contributed by atoms with Crippen LogP contribution in [0.2, 0.25) is 5.02 Å². The summed E-state index contributed by atoms with van der Waals surface area (Å²) >= 11 is 5.78. The molecule has 1 heterocycles. The molecule has 0 radical (unpaired) electrons. The second-order valence-corrected chi connectivity index (χ2v) is 4.42. The maximum Gasteiger partial charge on any atom is 0.224 e. The molecule has 0 aliphatic rings. The van der Waals surface area contributed by atoms with Crippen molar-refractivity contribution in [2.45, 2.75) is 12.8 Å². The van der Waals surface area contributed by atoms with E-state index in [1.165, 1.54) is 0 Å². The minimum absolute atomic E-state index is 0.00359. The third-order valence-corrected chi connectivity index (χ3v) is 2.80. The van der Waals surface area contributed by atoms with Crippen molar-refractivity contribution in [3.63, 3.8) is 0 Å². The highest BCUT2D eigenvalue weighted by molar-refractivity contribution is 6.30. The van der Waals surface area contributed by atoms with Crippen LogP contribution in [0.1, 0.15) is 11.3 Å². The van der Waals surface area contributed by atoms with Gasteiger partial charge in [0.25, 0.3) is 0 Å². The Morgan fingerprint density at radius 2 is 2.00 bits per heavy atom. The van der Waals surface area contributed by atoms with Gasteiger partial charge in [0.05, 0.1) is 12.7 Å². The van der Waals surface area contributed by atoms with E-state index in [-0.39, 0.29) is 5.91 Å². The van der Waals surface area contributed by atoms with E-state index < -0.39 is 0 Å². The molecule has 0 aliphatic carbocycles. The summed E-state index contributed by atoms with van der Waals surface area (Å²) in [6.45, 7) is 0.583. The van der Waals surface area contributed by atoms with Crippen molar-refractivity contribution in [3.8, 4) is 0 Å². The first-order valence-corrected chi connectivity index (χ1v) is 6.15. The Hall–Kier alpha value is -1.74. The van der Waals surface area contributed by atoms with Gasteiger partial charge in [-0.2, -0.15) is 0 Å². The van der Waals surface area contributed by atoms with Gasteiger partial charge in [0.15, 0.2) is 0 Å². The first-order chi connectivity index (χ1) is 8.74. The Morgan fingerprint density at radius 3 is 2.67 bits per heavy atom. The van der Waals surface area contributed by atoms with Gasteiger partial charge in [-0.25, -0.2) is 0 Å². The molecule has 1 amide bonds. The molecular weight excluding hydrogens is 250 g/mol. The first-order valence-electron chi connectivity index (χ1n) is 5.77. The van der Waals surface area contributed by atoms with Gasteiger partial charge in [-0.1, -0.05) is 23.7 Å². The maximum absolute atomic E-state index is 11.7. The van der Waals surface area contributed by atoms with E-state index in [0.29, 0.717) is 24.4 Å². The molecule has 0 atom stereocenters. The van der Waals surface area contributed by atoms with Crippen molar-refractivity contribution in [1.29, 1.82) is 0 Å². The fourth-order valence-electron chi connectivity index (χ4n) is 1.63. The van der Waals surface area contributed by atoms with E-state index in [2.05, 4.69) is 5.32 Å². The SMILES string of the molecule is O=C(Cc1ccc(Cl)cc1)NCCc1ccco1. The molecule has 18 heavy (non-hydrogen) atoms. The molecule has 2 rings (SSSR count). The summed E-state index contributed by atoms with van der Waals surface area (Å²) in [5, 5.41) is 3.53. The number of carbonyl (C=O) groups excluding carboxylic acids is 1. The zero-order chi connectivity index (χ0) is 12.8. The van der Waals surface area contributed by atoms with Crippen molar-refractivity contribution in [3.05, 3.63) is 59.0 Å². The summed E-state index contributed by atoms with van der Waals surface area (Å²) < 4.78 is 5.18.